The van der Waals surface area contributed by atoms with Gasteiger partial charge < -0.3 is 14.7 Å². The Bertz CT molecular complexity index is 578. The molecular weight excluding hydrogens is 294 g/mol. The first-order valence-electron chi connectivity index (χ1n) is 8.32. The summed E-state index contributed by atoms with van der Waals surface area (Å²) in [7, 11) is 0. The van der Waals surface area contributed by atoms with Crippen LogP contribution in [0.15, 0.2) is 24.3 Å². The predicted molar refractivity (Wildman–Crippen MR) is 85.0 cm³/mol. The van der Waals surface area contributed by atoms with E-state index in [1.807, 2.05) is 23.1 Å². The van der Waals surface area contributed by atoms with Crippen molar-refractivity contribution >= 4 is 11.9 Å². The number of carbonyl (C=O) groups is 2. The molecule has 0 spiro atoms. The van der Waals surface area contributed by atoms with E-state index in [0.717, 1.165) is 24.8 Å². The van der Waals surface area contributed by atoms with E-state index in [2.05, 4.69) is 6.07 Å². The molecule has 2 heterocycles. The number of nitrogens with zero attached hydrogens (tertiary/aromatic N) is 1. The second-order valence-corrected chi connectivity index (χ2v) is 6.43. The number of amides is 1. The lowest BCUT2D eigenvalue weighted by Crippen LogP contribution is -2.39. The van der Waals surface area contributed by atoms with Gasteiger partial charge in [0.15, 0.2) is 0 Å². The van der Waals surface area contributed by atoms with E-state index >= 15 is 0 Å². The highest BCUT2D eigenvalue weighted by Crippen LogP contribution is 2.30. The van der Waals surface area contributed by atoms with Gasteiger partial charge in [-0.15, -0.1) is 0 Å². The van der Waals surface area contributed by atoms with Crippen LogP contribution in [-0.4, -0.2) is 41.6 Å². The van der Waals surface area contributed by atoms with Gasteiger partial charge in [0, 0.05) is 19.5 Å². The Morgan fingerprint density at radius 3 is 2.65 bits per heavy atom. The molecule has 0 radical (unpaired) electrons. The van der Waals surface area contributed by atoms with Crippen LogP contribution in [0.1, 0.15) is 42.9 Å². The van der Waals surface area contributed by atoms with Crippen molar-refractivity contribution in [3.63, 3.8) is 0 Å². The summed E-state index contributed by atoms with van der Waals surface area (Å²) in [5.41, 5.74) is 2.41. The molecule has 124 valence electrons. The standard InChI is InChI=1S/C18H23NO4/c20-17(19-8-5-13(6-9-19)11-18(21)22)12-16-15-4-2-1-3-14(15)7-10-23-16/h1-4,13,16H,5-12H2,(H,21,22). The number of hydrogen-bond acceptors (Lipinski definition) is 3. The van der Waals surface area contributed by atoms with Gasteiger partial charge in [0.2, 0.25) is 5.91 Å². The van der Waals surface area contributed by atoms with Crippen LogP contribution in [0.25, 0.3) is 0 Å². The number of carbonyl (C=O) groups excluding carboxylic acids is 1. The Balaban J connectivity index is 1.56. The number of piperidine rings is 1. The summed E-state index contributed by atoms with van der Waals surface area (Å²) >= 11 is 0. The van der Waals surface area contributed by atoms with Crippen LogP contribution in [0.5, 0.6) is 0 Å². The fourth-order valence-electron chi connectivity index (χ4n) is 3.57. The summed E-state index contributed by atoms with van der Waals surface area (Å²) in [5.74, 6) is -0.439. The van der Waals surface area contributed by atoms with E-state index in [9.17, 15) is 9.59 Å². The normalized spacial score (nSPS) is 21.7. The zero-order chi connectivity index (χ0) is 16.2. The first kappa shape index (κ1) is 16.0. The minimum Gasteiger partial charge on any atom is -0.481 e. The van der Waals surface area contributed by atoms with Gasteiger partial charge in [0.25, 0.3) is 0 Å². The second-order valence-electron chi connectivity index (χ2n) is 6.43. The van der Waals surface area contributed by atoms with Gasteiger partial charge in [-0.2, -0.15) is 0 Å². The third-order valence-electron chi connectivity index (χ3n) is 4.88. The third kappa shape index (κ3) is 3.91. The Kier molecular flexibility index (Phi) is 4.96. The zero-order valence-electron chi connectivity index (χ0n) is 13.2. The van der Waals surface area contributed by atoms with E-state index in [1.165, 1.54) is 5.56 Å². The maximum Gasteiger partial charge on any atom is 0.303 e. The van der Waals surface area contributed by atoms with E-state index in [4.69, 9.17) is 9.84 Å². The van der Waals surface area contributed by atoms with Crippen LogP contribution in [0.3, 0.4) is 0 Å². The number of carboxylic acid groups (broad SMARTS) is 1. The third-order valence-corrected chi connectivity index (χ3v) is 4.88. The zero-order valence-corrected chi connectivity index (χ0v) is 13.2. The molecule has 2 aliphatic heterocycles. The summed E-state index contributed by atoms with van der Waals surface area (Å²) in [4.78, 5) is 25.2. The topological polar surface area (TPSA) is 66.8 Å². The molecular formula is C18H23NO4. The first-order chi connectivity index (χ1) is 11.1. The summed E-state index contributed by atoms with van der Waals surface area (Å²) in [6.07, 6.45) is 2.90. The fraction of sp³-hybridized carbons (Fsp3) is 0.556. The molecule has 1 amide bonds. The van der Waals surface area contributed by atoms with Crippen molar-refractivity contribution in [3.05, 3.63) is 35.4 Å². The fourth-order valence-corrected chi connectivity index (χ4v) is 3.57. The van der Waals surface area contributed by atoms with Crippen molar-refractivity contribution in [2.45, 2.75) is 38.2 Å². The van der Waals surface area contributed by atoms with Gasteiger partial charge >= 0.3 is 5.97 Å². The van der Waals surface area contributed by atoms with Gasteiger partial charge in [0.05, 0.1) is 19.1 Å². The molecule has 1 aromatic carbocycles. The van der Waals surface area contributed by atoms with Gasteiger partial charge in [-0.25, -0.2) is 0 Å². The molecule has 0 saturated carbocycles. The second kappa shape index (κ2) is 7.13. The lowest BCUT2D eigenvalue weighted by Gasteiger charge is -2.33. The van der Waals surface area contributed by atoms with E-state index < -0.39 is 5.97 Å². The van der Waals surface area contributed by atoms with Crippen LogP contribution in [0, 0.1) is 5.92 Å². The van der Waals surface area contributed by atoms with Crippen LogP contribution in [0.2, 0.25) is 0 Å². The maximum atomic E-state index is 12.5. The summed E-state index contributed by atoms with van der Waals surface area (Å²) in [6, 6.07) is 8.16. The molecule has 0 aliphatic carbocycles. The number of likely N-dealkylation sites (tertiary alicyclic amines) is 1. The Hall–Kier alpha value is -1.88. The van der Waals surface area contributed by atoms with E-state index in [0.29, 0.717) is 26.1 Å². The Labute approximate surface area is 136 Å². The van der Waals surface area contributed by atoms with Crippen molar-refractivity contribution < 1.29 is 19.4 Å². The van der Waals surface area contributed by atoms with Crippen molar-refractivity contribution in [1.82, 2.24) is 4.90 Å². The highest BCUT2D eigenvalue weighted by atomic mass is 16.5. The molecule has 1 atom stereocenters. The van der Waals surface area contributed by atoms with Crippen molar-refractivity contribution in [2.24, 2.45) is 5.92 Å². The number of aliphatic carboxylic acids is 1. The number of hydrogen-bond donors (Lipinski definition) is 1. The highest BCUT2D eigenvalue weighted by molar-refractivity contribution is 5.77. The monoisotopic (exact) mass is 317 g/mol. The van der Waals surface area contributed by atoms with E-state index in [-0.39, 0.29) is 24.3 Å². The molecule has 1 N–H and O–H groups in total. The number of carboxylic acids is 1. The number of fused-ring (bicyclic) bond motifs is 1. The summed E-state index contributed by atoms with van der Waals surface area (Å²) in [6.45, 7) is 1.98. The van der Waals surface area contributed by atoms with Crippen molar-refractivity contribution in [1.29, 1.82) is 0 Å². The Morgan fingerprint density at radius 2 is 1.91 bits per heavy atom. The molecule has 1 unspecified atom stereocenters. The minimum atomic E-state index is -0.748. The molecule has 5 heteroatoms. The minimum absolute atomic E-state index is 0.112. The smallest absolute Gasteiger partial charge is 0.303 e. The molecule has 0 bridgehead atoms. The molecule has 1 fully saturated rings. The number of rotatable bonds is 4. The highest BCUT2D eigenvalue weighted by Gasteiger charge is 2.28. The molecule has 3 rings (SSSR count). The van der Waals surface area contributed by atoms with Gasteiger partial charge in [-0.3, -0.25) is 9.59 Å². The quantitative estimate of drug-likeness (QED) is 0.926. The summed E-state index contributed by atoms with van der Waals surface area (Å²) < 4.78 is 5.81. The molecule has 1 aromatic rings. The SMILES string of the molecule is O=C(O)CC1CCN(C(=O)CC2OCCc3ccccc32)CC1. The largest absolute Gasteiger partial charge is 0.481 e. The molecule has 0 aromatic heterocycles. The average molecular weight is 317 g/mol. The number of benzene rings is 1. The predicted octanol–water partition coefficient (Wildman–Crippen LogP) is 2.40. The number of ether oxygens (including phenoxy) is 1. The van der Waals surface area contributed by atoms with Crippen LogP contribution in [0.4, 0.5) is 0 Å². The van der Waals surface area contributed by atoms with Crippen molar-refractivity contribution in [2.75, 3.05) is 19.7 Å². The average Bonchev–Trinajstić information content (AvgIpc) is 2.55. The first-order valence-corrected chi connectivity index (χ1v) is 8.32. The molecule has 2 aliphatic rings. The maximum absolute atomic E-state index is 12.5. The van der Waals surface area contributed by atoms with Gasteiger partial charge in [-0.05, 0) is 36.3 Å². The van der Waals surface area contributed by atoms with E-state index in [1.54, 1.807) is 0 Å². The van der Waals surface area contributed by atoms with Crippen LogP contribution >= 0.6 is 0 Å². The Morgan fingerprint density at radius 1 is 1.17 bits per heavy atom. The van der Waals surface area contributed by atoms with Gasteiger partial charge in [0.1, 0.15) is 0 Å². The molecule has 23 heavy (non-hydrogen) atoms. The summed E-state index contributed by atoms with van der Waals surface area (Å²) in [5, 5.41) is 8.85. The van der Waals surface area contributed by atoms with Crippen LogP contribution < -0.4 is 0 Å². The molecule has 5 nitrogen and oxygen atoms in total. The van der Waals surface area contributed by atoms with Gasteiger partial charge in [-0.1, -0.05) is 24.3 Å². The van der Waals surface area contributed by atoms with Crippen molar-refractivity contribution in [3.8, 4) is 0 Å². The lowest BCUT2D eigenvalue weighted by molar-refractivity contribution is -0.139. The molecule has 1 saturated heterocycles. The van der Waals surface area contributed by atoms with Crippen LogP contribution in [-0.2, 0) is 20.7 Å². The lowest BCUT2D eigenvalue weighted by atomic mass is 9.92.